The molecule has 6 nitrogen and oxygen atoms in total. The maximum atomic E-state index is 13.5. The molecule has 3 rings (SSSR count). The summed E-state index contributed by atoms with van der Waals surface area (Å²) in [5.41, 5.74) is 7.05. The molecule has 9 heteroatoms. The minimum atomic E-state index is -0.680. The Morgan fingerprint density at radius 1 is 1.50 bits per heavy atom. The molecule has 0 spiro atoms. The molecule has 0 saturated carbocycles. The van der Waals surface area contributed by atoms with Gasteiger partial charge in [0.2, 0.25) is 0 Å². The Balaban J connectivity index is 2.07. The zero-order chi connectivity index (χ0) is 18.7. The Hall–Kier alpha value is -2.29. The lowest BCUT2D eigenvalue weighted by Gasteiger charge is -2.26. The average Bonchev–Trinajstić information content (AvgIpc) is 3.13. The van der Waals surface area contributed by atoms with Crippen molar-refractivity contribution >= 4 is 34.7 Å². The van der Waals surface area contributed by atoms with Crippen LogP contribution >= 0.6 is 22.9 Å². The molecule has 1 aromatic carbocycles. The second-order valence-electron chi connectivity index (χ2n) is 5.59. The zero-order valence-electron chi connectivity index (χ0n) is 13.9. The van der Waals surface area contributed by atoms with Crippen LogP contribution < -0.4 is 16.4 Å². The van der Waals surface area contributed by atoms with E-state index in [1.165, 1.54) is 23.5 Å². The van der Waals surface area contributed by atoms with Crippen molar-refractivity contribution in [2.75, 3.05) is 13.1 Å². The molecule has 0 fully saturated rings. The fourth-order valence-corrected chi connectivity index (χ4v) is 3.51. The third-order valence-electron chi connectivity index (χ3n) is 3.81. The number of amides is 1. The summed E-state index contributed by atoms with van der Waals surface area (Å²) >= 11 is 7.66. The molecule has 2 aromatic rings. The highest BCUT2D eigenvalue weighted by Gasteiger charge is 2.31. The number of benzene rings is 1. The van der Waals surface area contributed by atoms with Crippen molar-refractivity contribution < 1.29 is 9.18 Å². The summed E-state index contributed by atoms with van der Waals surface area (Å²) in [5, 5.41) is 8.61. The van der Waals surface area contributed by atoms with E-state index in [-0.39, 0.29) is 10.9 Å². The number of rotatable bonds is 5. The highest BCUT2D eigenvalue weighted by Crippen LogP contribution is 2.35. The third-order valence-corrected chi connectivity index (χ3v) is 4.92. The normalized spacial score (nSPS) is 16.9. The van der Waals surface area contributed by atoms with Crippen LogP contribution in [0, 0.1) is 5.82 Å². The molecule has 1 aliphatic heterocycles. The monoisotopic (exact) mass is 393 g/mol. The molecule has 1 atom stereocenters. The summed E-state index contributed by atoms with van der Waals surface area (Å²) in [6.07, 6.45) is 1.67. The summed E-state index contributed by atoms with van der Waals surface area (Å²) in [7, 11) is 0. The van der Waals surface area contributed by atoms with Gasteiger partial charge in [0.25, 0.3) is 5.91 Å². The van der Waals surface area contributed by atoms with E-state index in [2.05, 4.69) is 20.6 Å². The summed E-state index contributed by atoms with van der Waals surface area (Å²) in [6, 6.07) is 3.37. The quantitative estimate of drug-likeness (QED) is 0.727. The molecule has 0 radical (unpaired) electrons. The van der Waals surface area contributed by atoms with E-state index in [4.69, 9.17) is 17.3 Å². The van der Waals surface area contributed by atoms with E-state index in [0.29, 0.717) is 40.8 Å². The first-order valence-electron chi connectivity index (χ1n) is 7.90. The minimum Gasteiger partial charge on any atom is -0.351 e. The van der Waals surface area contributed by atoms with Crippen LogP contribution in [0.15, 0.2) is 46.0 Å². The van der Waals surface area contributed by atoms with Gasteiger partial charge in [-0.3, -0.25) is 9.79 Å². The lowest BCUT2D eigenvalue weighted by Crippen LogP contribution is -2.38. The summed E-state index contributed by atoms with van der Waals surface area (Å²) in [6.45, 7) is 2.44. The molecular formula is C17H17ClFN5OS. The number of aliphatic imine (C=N–C) groups is 1. The van der Waals surface area contributed by atoms with E-state index in [1.54, 1.807) is 19.2 Å². The van der Waals surface area contributed by atoms with Gasteiger partial charge >= 0.3 is 0 Å². The average molecular weight is 394 g/mol. The van der Waals surface area contributed by atoms with Gasteiger partial charge in [-0.1, -0.05) is 17.7 Å². The summed E-state index contributed by atoms with van der Waals surface area (Å²) in [4.78, 5) is 21.6. The maximum Gasteiger partial charge on any atom is 0.251 e. The zero-order valence-corrected chi connectivity index (χ0v) is 15.5. The number of allylic oxidation sites excluding steroid dienone is 1. The van der Waals surface area contributed by atoms with Gasteiger partial charge in [-0.2, -0.15) is 0 Å². The summed E-state index contributed by atoms with van der Waals surface area (Å²) < 4.78 is 13.5. The lowest BCUT2D eigenvalue weighted by atomic mass is 9.95. The molecule has 1 aliphatic rings. The van der Waals surface area contributed by atoms with Crippen LogP contribution in [0.25, 0.3) is 0 Å². The Bertz CT molecular complexity index is 881. The van der Waals surface area contributed by atoms with Crippen LogP contribution in [-0.2, 0) is 4.79 Å². The van der Waals surface area contributed by atoms with Crippen LogP contribution in [0.5, 0.6) is 0 Å². The number of hydrogen-bond acceptors (Lipinski definition) is 6. The van der Waals surface area contributed by atoms with Crippen LogP contribution in [0.2, 0.25) is 5.02 Å². The molecule has 0 bridgehead atoms. The molecule has 1 amide bonds. The van der Waals surface area contributed by atoms with Gasteiger partial charge in [0, 0.05) is 40.9 Å². The molecule has 0 aliphatic carbocycles. The number of amidine groups is 1. The van der Waals surface area contributed by atoms with Crippen molar-refractivity contribution in [3.63, 3.8) is 0 Å². The maximum absolute atomic E-state index is 13.5. The second-order valence-corrected chi connectivity index (χ2v) is 6.89. The number of nitrogens with one attached hydrogen (secondary N) is 2. The smallest absolute Gasteiger partial charge is 0.251 e. The number of thiazole rings is 1. The van der Waals surface area contributed by atoms with Gasteiger partial charge in [-0.25, -0.2) is 9.37 Å². The number of carbonyl (C=O) groups excluding carboxylic acids is 1. The van der Waals surface area contributed by atoms with Crippen molar-refractivity contribution in [1.82, 2.24) is 15.6 Å². The molecule has 1 unspecified atom stereocenters. The highest BCUT2D eigenvalue weighted by atomic mass is 35.5. The Labute approximate surface area is 159 Å². The fraction of sp³-hybridized carbons (Fsp3) is 0.235. The third kappa shape index (κ3) is 3.77. The van der Waals surface area contributed by atoms with E-state index >= 15 is 0 Å². The van der Waals surface area contributed by atoms with Crippen molar-refractivity contribution in [1.29, 1.82) is 0 Å². The Morgan fingerprint density at radius 2 is 2.31 bits per heavy atom. The number of halogens is 2. The number of hydrogen-bond donors (Lipinski definition) is 3. The van der Waals surface area contributed by atoms with Crippen molar-refractivity contribution in [3.05, 3.63) is 62.5 Å². The molecule has 4 N–H and O–H groups in total. The standard InChI is InChI=1S/C17H17ClFN5OS/c1-9-13(16(25)21-5-4-20)14(11-3-2-10(19)8-12(11)18)24-15(23-9)17-22-6-7-26-17/h2-3,6-8,14H,4-5,20H2,1H3,(H,21,25)(H,23,24). The van der Waals surface area contributed by atoms with Crippen LogP contribution in [0.3, 0.4) is 0 Å². The first kappa shape index (κ1) is 18.5. The number of aromatic nitrogens is 1. The van der Waals surface area contributed by atoms with Gasteiger partial charge in [-0.15, -0.1) is 11.3 Å². The Morgan fingerprint density at radius 3 is 2.96 bits per heavy atom. The van der Waals surface area contributed by atoms with Crippen LogP contribution in [-0.4, -0.2) is 29.8 Å². The minimum absolute atomic E-state index is 0.205. The van der Waals surface area contributed by atoms with Gasteiger partial charge in [0.1, 0.15) is 11.9 Å². The van der Waals surface area contributed by atoms with E-state index in [1.807, 2.05) is 5.38 Å². The second kappa shape index (κ2) is 7.94. The predicted molar refractivity (Wildman–Crippen MR) is 101 cm³/mol. The lowest BCUT2D eigenvalue weighted by molar-refractivity contribution is -0.117. The molecule has 1 aromatic heterocycles. The van der Waals surface area contributed by atoms with Crippen molar-refractivity contribution in [2.24, 2.45) is 10.7 Å². The van der Waals surface area contributed by atoms with Gasteiger partial charge in [0.05, 0.1) is 5.57 Å². The largest absolute Gasteiger partial charge is 0.351 e. The molecule has 26 heavy (non-hydrogen) atoms. The van der Waals surface area contributed by atoms with Gasteiger partial charge in [-0.05, 0) is 19.1 Å². The van der Waals surface area contributed by atoms with Crippen LogP contribution in [0.1, 0.15) is 23.5 Å². The molecule has 0 saturated heterocycles. The first-order chi connectivity index (χ1) is 12.5. The van der Waals surface area contributed by atoms with E-state index in [9.17, 15) is 9.18 Å². The number of carbonyl (C=O) groups is 1. The SMILES string of the molecule is CC1=C(C(=O)NCCN)C(c2ccc(F)cc2Cl)N=C(c2nccs2)N1. The van der Waals surface area contributed by atoms with Gasteiger partial charge in [0.15, 0.2) is 10.8 Å². The fourth-order valence-electron chi connectivity index (χ4n) is 2.65. The molecule has 2 heterocycles. The van der Waals surface area contributed by atoms with Gasteiger partial charge < -0.3 is 16.4 Å². The Kier molecular flexibility index (Phi) is 5.65. The molecular weight excluding hydrogens is 377 g/mol. The first-order valence-corrected chi connectivity index (χ1v) is 9.15. The van der Waals surface area contributed by atoms with E-state index < -0.39 is 11.9 Å². The number of nitrogens with zero attached hydrogens (tertiary/aromatic N) is 2. The summed E-state index contributed by atoms with van der Waals surface area (Å²) in [5.74, 6) is -0.210. The highest BCUT2D eigenvalue weighted by molar-refractivity contribution is 7.11. The molecule has 136 valence electrons. The van der Waals surface area contributed by atoms with Crippen LogP contribution in [0.4, 0.5) is 4.39 Å². The van der Waals surface area contributed by atoms with E-state index in [0.717, 1.165) is 0 Å². The predicted octanol–water partition coefficient (Wildman–Crippen LogP) is 2.38. The van der Waals surface area contributed by atoms with Crippen molar-refractivity contribution in [3.8, 4) is 0 Å². The van der Waals surface area contributed by atoms with Crippen molar-refractivity contribution in [2.45, 2.75) is 13.0 Å². The topological polar surface area (TPSA) is 92.4 Å². The number of nitrogens with two attached hydrogens (primary N) is 1.